The van der Waals surface area contributed by atoms with Crippen LogP contribution >= 0.6 is 11.8 Å². The molecule has 5 rings (SSSR count). The Morgan fingerprint density at radius 1 is 1.00 bits per heavy atom. The Kier molecular flexibility index (Phi) is 5.45. The van der Waals surface area contributed by atoms with Gasteiger partial charge in [0.1, 0.15) is 0 Å². The molecule has 0 N–H and O–H groups in total. The SMILES string of the molecule is O=c1c2cc3c(nc2nc(SCc2ccc([N+](=O)[O-])cc2)n1-c1ccccc1)CCCC3. The van der Waals surface area contributed by atoms with Crippen molar-refractivity contribution in [2.45, 2.75) is 36.6 Å². The second-order valence-corrected chi connectivity index (χ2v) is 8.70. The minimum Gasteiger partial charge on any atom is -0.268 e. The van der Waals surface area contributed by atoms with Crippen LogP contribution in [0.25, 0.3) is 16.7 Å². The molecule has 32 heavy (non-hydrogen) atoms. The first-order valence-corrected chi connectivity index (χ1v) is 11.5. The Hall–Kier alpha value is -3.52. The first kappa shape index (κ1) is 20.4. The van der Waals surface area contributed by atoms with Gasteiger partial charge in [0.25, 0.3) is 11.2 Å². The molecule has 2 heterocycles. The fourth-order valence-electron chi connectivity index (χ4n) is 3.98. The second-order valence-electron chi connectivity index (χ2n) is 7.76. The molecule has 1 aliphatic carbocycles. The molecule has 0 fully saturated rings. The molecular formula is C24H20N4O3S. The minimum atomic E-state index is -0.415. The first-order valence-electron chi connectivity index (χ1n) is 10.5. The lowest BCUT2D eigenvalue weighted by Crippen LogP contribution is -2.23. The summed E-state index contributed by atoms with van der Waals surface area (Å²) in [6, 6.07) is 17.9. The molecule has 2 aromatic heterocycles. The van der Waals surface area contributed by atoms with Crippen LogP contribution in [-0.2, 0) is 18.6 Å². The number of benzene rings is 2. The Labute approximate surface area is 188 Å². The van der Waals surface area contributed by atoms with Gasteiger partial charge in [-0.2, -0.15) is 0 Å². The number of aryl methyl sites for hydroxylation is 2. The number of hydrogen-bond donors (Lipinski definition) is 0. The van der Waals surface area contributed by atoms with Gasteiger partial charge in [0.05, 0.1) is 16.0 Å². The Morgan fingerprint density at radius 3 is 2.50 bits per heavy atom. The Morgan fingerprint density at radius 2 is 1.75 bits per heavy atom. The van der Waals surface area contributed by atoms with Crippen LogP contribution in [0.5, 0.6) is 0 Å². The highest BCUT2D eigenvalue weighted by Crippen LogP contribution is 2.27. The van der Waals surface area contributed by atoms with E-state index in [2.05, 4.69) is 0 Å². The third kappa shape index (κ3) is 3.89. The standard InChI is InChI=1S/C24H20N4O3S/c29-23-20-14-17-6-4-5-9-21(17)25-22(20)26-24(27(23)18-7-2-1-3-8-18)32-15-16-10-12-19(13-11-16)28(30)31/h1-3,7-8,10-14H,4-6,9,15H2. The summed E-state index contributed by atoms with van der Waals surface area (Å²) in [5.41, 5.74) is 4.25. The fourth-order valence-corrected chi connectivity index (χ4v) is 4.93. The molecule has 1 aliphatic rings. The van der Waals surface area contributed by atoms with Crippen LogP contribution < -0.4 is 5.56 Å². The number of hydrogen-bond acceptors (Lipinski definition) is 6. The normalized spacial score (nSPS) is 13.1. The molecule has 0 unspecified atom stereocenters. The molecule has 7 nitrogen and oxygen atoms in total. The lowest BCUT2D eigenvalue weighted by Gasteiger charge is -2.17. The number of fused-ring (bicyclic) bond motifs is 2. The summed E-state index contributed by atoms with van der Waals surface area (Å²) >= 11 is 1.42. The average molecular weight is 445 g/mol. The molecular weight excluding hydrogens is 424 g/mol. The van der Waals surface area contributed by atoms with Crippen molar-refractivity contribution >= 4 is 28.5 Å². The van der Waals surface area contributed by atoms with Gasteiger partial charge in [0.2, 0.25) is 0 Å². The summed E-state index contributed by atoms with van der Waals surface area (Å²) in [7, 11) is 0. The molecule has 0 bridgehead atoms. The van der Waals surface area contributed by atoms with Crippen molar-refractivity contribution < 1.29 is 4.92 Å². The van der Waals surface area contributed by atoms with E-state index >= 15 is 0 Å². The highest BCUT2D eigenvalue weighted by molar-refractivity contribution is 7.98. The molecule has 4 aromatic rings. The molecule has 0 saturated heterocycles. The first-order chi connectivity index (χ1) is 15.6. The molecule has 2 aromatic carbocycles. The molecule has 0 spiro atoms. The molecule has 0 amide bonds. The lowest BCUT2D eigenvalue weighted by molar-refractivity contribution is -0.384. The van der Waals surface area contributed by atoms with E-state index in [1.54, 1.807) is 16.7 Å². The van der Waals surface area contributed by atoms with Gasteiger partial charge >= 0.3 is 0 Å². The maximum atomic E-state index is 13.6. The number of rotatable bonds is 5. The van der Waals surface area contributed by atoms with E-state index in [-0.39, 0.29) is 11.2 Å². The molecule has 0 aliphatic heterocycles. The second kappa shape index (κ2) is 8.55. The molecule has 160 valence electrons. The van der Waals surface area contributed by atoms with Gasteiger partial charge < -0.3 is 0 Å². The lowest BCUT2D eigenvalue weighted by atomic mass is 9.95. The molecule has 0 atom stereocenters. The van der Waals surface area contributed by atoms with Gasteiger partial charge in [-0.1, -0.05) is 42.1 Å². The number of nitro groups is 1. The van der Waals surface area contributed by atoms with Crippen molar-refractivity contribution in [3.8, 4) is 5.69 Å². The predicted octanol–water partition coefficient (Wildman–Crippen LogP) is 4.86. The van der Waals surface area contributed by atoms with Gasteiger partial charge in [-0.3, -0.25) is 19.5 Å². The number of thioether (sulfide) groups is 1. The van der Waals surface area contributed by atoms with Crippen molar-refractivity contribution in [1.82, 2.24) is 14.5 Å². The van der Waals surface area contributed by atoms with Crippen LogP contribution in [0.15, 0.2) is 70.6 Å². The highest BCUT2D eigenvalue weighted by Gasteiger charge is 2.18. The summed E-state index contributed by atoms with van der Waals surface area (Å²) in [6.45, 7) is 0. The van der Waals surface area contributed by atoms with Crippen molar-refractivity contribution in [3.63, 3.8) is 0 Å². The van der Waals surface area contributed by atoms with E-state index in [9.17, 15) is 14.9 Å². The highest BCUT2D eigenvalue weighted by atomic mass is 32.2. The van der Waals surface area contributed by atoms with Gasteiger partial charge in [0.15, 0.2) is 10.8 Å². The maximum Gasteiger partial charge on any atom is 0.269 e. The van der Waals surface area contributed by atoms with Crippen molar-refractivity contribution in [3.05, 3.63) is 98.0 Å². The minimum absolute atomic E-state index is 0.0535. The van der Waals surface area contributed by atoms with Crippen LogP contribution in [0.3, 0.4) is 0 Å². The van der Waals surface area contributed by atoms with E-state index < -0.39 is 4.92 Å². The third-order valence-electron chi connectivity index (χ3n) is 5.64. The molecule has 8 heteroatoms. The smallest absolute Gasteiger partial charge is 0.268 e. The molecule has 0 radical (unpaired) electrons. The Balaban J connectivity index is 1.59. The van der Waals surface area contributed by atoms with Crippen LogP contribution in [-0.4, -0.2) is 19.5 Å². The van der Waals surface area contributed by atoms with Crippen molar-refractivity contribution in [2.75, 3.05) is 0 Å². The summed E-state index contributed by atoms with van der Waals surface area (Å²) in [5.74, 6) is 0.522. The topological polar surface area (TPSA) is 90.9 Å². The summed E-state index contributed by atoms with van der Waals surface area (Å²) in [5, 5.41) is 12.0. The summed E-state index contributed by atoms with van der Waals surface area (Å²) in [6.07, 6.45) is 4.08. The average Bonchev–Trinajstić information content (AvgIpc) is 2.82. The van der Waals surface area contributed by atoms with E-state index in [1.807, 2.05) is 36.4 Å². The van der Waals surface area contributed by atoms with Gasteiger partial charge in [-0.25, -0.2) is 9.97 Å². The summed E-state index contributed by atoms with van der Waals surface area (Å²) in [4.78, 5) is 33.6. The van der Waals surface area contributed by atoms with Crippen molar-refractivity contribution in [2.24, 2.45) is 0 Å². The number of para-hydroxylation sites is 1. The number of pyridine rings is 1. The van der Waals surface area contributed by atoms with Crippen molar-refractivity contribution in [1.29, 1.82) is 0 Å². The van der Waals surface area contributed by atoms with Crippen LogP contribution in [0, 0.1) is 10.1 Å². The monoisotopic (exact) mass is 444 g/mol. The maximum absolute atomic E-state index is 13.6. The third-order valence-corrected chi connectivity index (χ3v) is 6.65. The Bertz CT molecular complexity index is 1370. The largest absolute Gasteiger partial charge is 0.269 e. The molecule has 0 saturated carbocycles. The number of nitro benzene ring substituents is 1. The van der Waals surface area contributed by atoms with E-state index in [0.29, 0.717) is 21.9 Å². The number of aromatic nitrogens is 3. The summed E-state index contributed by atoms with van der Waals surface area (Å²) < 4.78 is 1.63. The van der Waals surface area contributed by atoms with E-state index in [4.69, 9.17) is 9.97 Å². The zero-order valence-corrected chi connectivity index (χ0v) is 18.0. The quantitative estimate of drug-likeness (QED) is 0.189. The van der Waals surface area contributed by atoms with E-state index in [0.717, 1.165) is 48.2 Å². The number of non-ortho nitro benzene ring substituents is 1. The van der Waals surface area contributed by atoms with Gasteiger partial charge in [-0.05, 0) is 55.0 Å². The zero-order chi connectivity index (χ0) is 22.1. The predicted molar refractivity (Wildman–Crippen MR) is 124 cm³/mol. The van der Waals surface area contributed by atoms with Crippen LogP contribution in [0.1, 0.15) is 29.7 Å². The fraction of sp³-hybridized carbons (Fsp3) is 0.208. The van der Waals surface area contributed by atoms with Crippen LogP contribution in [0.2, 0.25) is 0 Å². The zero-order valence-electron chi connectivity index (χ0n) is 17.2. The van der Waals surface area contributed by atoms with E-state index in [1.165, 1.54) is 23.9 Å². The van der Waals surface area contributed by atoms with Gasteiger partial charge in [-0.15, -0.1) is 0 Å². The van der Waals surface area contributed by atoms with Gasteiger partial charge in [0, 0.05) is 23.6 Å². The number of nitrogens with zero attached hydrogens (tertiary/aromatic N) is 4. The van der Waals surface area contributed by atoms with Crippen LogP contribution in [0.4, 0.5) is 5.69 Å².